The summed E-state index contributed by atoms with van der Waals surface area (Å²) in [6, 6.07) is 7.99. The number of H-pyrrole nitrogens is 1. The van der Waals surface area contributed by atoms with Gasteiger partial charge in [0.1, 0.15) is 5.82 Å². The van der Waals surface area contributed by atoms with Gasteiger partial charge in [0.25, 0.3) is 0 Å². The molecule has 0 bridgehead atoms. The number of ether oxygens (including phenoxy) is 1. The molecule has 0 unspecified atom stereocenters. The maximum atomic E-state index is 11.4. The third kappa shape index (κ3) is 1.82. The number of imidazole rings is 1. The van der Waals surface area contributed by atoms with Crippen LogP contribution in [0.25, 0.3) is 11.3 Å². The monoisotopic (exact) mass is 258 g/mol. The molecule has 1 fully saturated rings. The van der Waals surface area contributed by atoms with Crippen LogP contribution in [0.3, 0.4) is 0 Å². The molecule has 1 saturated heterocycles. The van der Waals surface area contributed by atoms with Crippen molar-refractivity contribution in [3.05, 3.63) is 41.9 Å². The normalized spacial score (nSPS) is 16.9. The van der Waals surface area contributed by atoms with E-state index in [-0.39, 0.29) is 13.2 Å². The number of nitrogens with zero attached hydrogens (tertiary/aromatic N) is 1. The number of aromatic amines is 1. The van der Waals surface area contributed by atoms with Gasteiger partial charge in [0.2, 0.25) is 0 Å². The minimum absolute atomic E-state index is 0.170. The fourth-order valence-corrected chi connectivity index (χ4v) is 2.11. The Labute approximate surface area is 110 Å². The molecule has 1 aliphatic rings. The van der Waals surface area contributed by atoms with Crippen molar-refractivity contribution in [2.45, 2.75) is 12.3 Å². The highest BCUT2D eigenvalue weighted by Gasteiger charge is 2.50. The van der Waals surface area contributed by atoms with Gasteiger partial charge in [-0.3, -0.25) is 4.79 Å². The molecular formula is C14H14N2O3. The van der Waals surface area contributed by atoms with Gasteiger partial charge < -0.3 is 14.8 Å². The summed E-state index contributed by atoms with van der Waals surface area (Å²) in [4.78, 5) is 18.7. The maximum Gasteiger partial charge on any atom is 0.322 e. The fourth-order valence-electron chi connectivity index (χ4n) is 2.11. The van der Waals surface area contributed by atoms with E-state index in [9.17, 15) is 9.90 Å². The minimum atomic E-state index is -1.01. The van der Waals surface area contributed by atoms with Gasteiger partial charge in [0.15, 0.2) is 5.41 Å². The standard InChI is InChI=1S/C14H14N2O3/c1-9-2-4-10(5-3-9)11-6-15-12(16-11)14(13(17)18)7-19-8-14/h2-6H,7-8H2,1H3,(H,15,16)(H,17,18). The quantitative estimate of drug-likeness (QED) is 0.879. The molecule has 5 heteroatoms. The predicted octanol–water partition coefficient (Wildman–Crippen LogP) is 1.74. The van der Waals surface area contributed by atoms with Crippen molar-refractivity contribution < 1.29 is 14.6 Å². The molecule has 1 aromatic carbocycles. The zero-order chi connectivity index (χ0) is 13.5. The fraction of sp³-hybridized carbons (Fsp3) is 0.286. The van der Waals surface area contributed by atoms with Gasteiger partial charge in [0.05, 0.1) is 25.1 Å². The molecule has 0 aliphatic carbocycles. The van der Waals surface area contributed by atoms with Crippen molar-refractivity contribution in [3.8, 4) is 11.3 Å². The zero-order valence-corrected chi connectivity index (χ0v) is 10.5. The maximum absolute atomic E-state index is 11.4. The lowest BCUT2D eigenvalue weighted by Gasteiger charge is -2.35. The molecule has 0 spiro atoms. The van der Waals surface area contributed by atoms with Crippen molar-refractivity contribution >= 4 is 5.97 Å². The summed E-state index contributed by atoms with van der Waals surface area (Å²) >= 11 is 0. The first-order valence-corrected chi connectivity index (χ1v) is 6.05. The lowest BCUT2D eigenvalue weighted by atomic mass is 9.85. The van der Waals surface area contributed by atoms with Gasteiger partial charge in [-0.1, -0.05) is 29.8 Å². The van der Waals surface area contributed by atoms with E-state index in [0.29, 0.717) is 5.82 Å². The van der Waals surface area contributed by atoms with Crippen LogP contribution in [0.2, 0.25) is 0 Å². The number of carbonyl (C=O) groups is 1. The number of nitrogens with one attached hydrogen (secondary N) is 1. The Balaban J connectivity index is 1.95. The Morgan fingerprint density at radius 1 is 1.37 bits per heavy atom. The molecule has 0 atom stereocenters. The molecule has 19 heavy (non-hydrogen) atoms. The molecule has 1 aliphatic heterocycles. The number of carboxylic acids is 1. The largest absolute Gasteiger partial charge is 0.480 e. The minimum Gasteiger partial charge on any atom is -0.480 e. The molecule has 0 radical (unpaired) electrons. The summed E-state index contributed by atoms with van der Waals surface area (Å²) in [6.07, 6.45) is 1.67. The Bertz CT molecular complexity index is 612. The topological polar surface area (TPSA) is 75.2 Å². The third-order valence-electron chi connectivity index (χ3n) is 3.50. The van der Waals surface area contributed by atoms with E-state index in [0.717, 1.165) is 11.3 Å². The Hall–Kier alpha value is -2.14. The smallest absolute Gasteiger partial charge is 0.322 e. The molecule has 98 valence electrons. The summed E-state index contributed by atoms with van der Waals surface area (Å²) in [5.41, 5.74) is 1.98. The van der Waals surface area contributed by atoms with Crippen molar-refractivity contribution in [1.29, 1.82) is 0 Å². The van der Waals surface area contributed by atoms with Crippen molar-refractivity contribution in [2.24, 2.45) is 0 Å². The number of aryl methyl sites for hydroxylation is 1. The van der Waals surface area contributed by atoms with Gasteiger partial charge >= 0.3 is 5.97 Å². The van der Waals surface area contributed by atoms with E-state index >= 15 is 0 Å². The molecule has 1 aromatic heterocycles. The summed E-state index contributed by atoms with van der Waals surface area (Å²) < 4.78 is 5.04. The predicted molar refractivity (Wildman–Crippen MR) is 68.9 cm³/mol. The van der Waals surface area contributed by atoms with Crippen molar-refractivity contribution in [3.63, 3.8) is 0 Å². The number of rotatable bonds is 3. The van der Waals surface area contributed by atoms with Crippen LogP contribution in [0.5, 0.6) is 0 Å². The van der Waals surface area contributed by atoms with Gasteiger partial charge in [0, 0.05) is 0 Å². The molecule has 5 nitrogen and oxygen atoms in total. The highest BCUT2D eigenvalue weighted by atomic mass is 16.5. The van der Waals surface area contributed by atoms with E-state index in [4.69, 9.17) is 4.74 Å². The van der Waals surface area contributed by atoms with Gasteiger partial charge in [-0.05, 0) is 12.5 Å². The average Bonchev–Trinajstić information content (AvgIpc) is 2.77. The SMILES string of the molecule is Cc1ccc(-c2cnc(C3(C(=O)O)COC3)[nH]2)cc1. The summed E-state index contributed by atoms with van der Waals surface area (Å²) in [7, 11) is 0. The zero-order valence-electron chi connectivity index (χ0n) is 10.5. The molecule has 0 saturated carbocycles. The van der Waals surface area contributed by atoms with Crippen LogP contribution in [0.4, 0.5) is 0 Å². The van der Waals surface area contributed by atoms with E-state index in [1.165, 1.54) is 5.56 Å². The first-order chi connectivity index (χ1) is 9.12. The highest BCUT2D eigenvalue weighted by molar-refractivity contribution is 5.82. The Morgan fingerprint density at radius 3 is 2.58 bits per heavy atom. The van der Waals surface area contributed by atoms with E-state index in [1.54, 1.807) is 6.20 Å². The van der Waals surface area contributed by atoms with Gasteiger partial charge in [-0.15, -0.1) is 0 Å². The third-order valence-corrected chi connectivity index (χ3v) is 3.50. The average molecular weight is 258 g/mol. The number of hydrogen-bond acceptors (Lipinski definition) is 3. The summed E-state index contributed by atoms with van der Waals surface area (Å²) in [5.74, 6) is -0.439. The molecule has 3 rings (SSSR count). The Morgan fingerprint density at radius 2 is 2.05 bits per heavy atom. The van der Waals surface area contributed by atoms with Crippen LogP contribution in [0, 0.1) is 6.92 Å². The molecule has 0 amide bonds. The Kier molecular flexibility index (Phi) is 2.64. The second-order valence-electron chi connectivity index (χ2n) is 4.89. The molecule has 2 N–H and O–H groups in total. The lowest BCUT2D eigenvalue weighted by Crippen LogP contribution is -2.53. The van der Waals surface area contributed by atoms with E-state index in [2.05, 4.69) is 9.97 Å². The first-order valence-electron chi connectivity index (χ1n) is 6.05. The van der Waals surface area contributed by atoms with Gasteiger partial charge in [-0.2, -0.15) is 0 Å². The molecule has 2 aromatic rings. The van der Waals surface area contributed by atoms with E-state index < -0.39 is 11.4 Å². The van der Waals surface area contributed by atoms with Crippen LogP contribution in [-0.2, 0) is 14.9 Å². The molecule has 2 heterocycles. The van der Waals surface area contributed by atoms with E-state index in [1.807, 2.05) is 31.2 Å². The number of carboxylic acid groups (broad SMARTS) is 1. The van der Waals surface area contributed by atoms with Gasteiger partial charge in [-0.25, -0.2) is 4.98 Å². The van der Waals surface area contributed by atoms with Crippen LogP contribution >= 0.6 is 0 Å². The van der Waals surface area contributed by atoms with Crippen molar-refractivity contribution in [2.75, 3.05) is 13.2 Å². The van der Waals surface area contributed by atoms with Crippen LogP contribution in [-0.4, -0.2) is 34.3 Å². The number of hydrogen-bond donors (Lipinski definition) is 2. The van der Waals surface area contributed by atoms with Crippen LogP contribution < -0.4 is 0 Å². The summed E-state index contributed by atoms with van der Waals surface area (Å²) in [5, 5.41) is 9.31. The highest BCUT2D eigenvalue weighted by Crippen LogP contribution is 2.32. The first kappa shape index (κ1) is 11.9. The number of benzene rings is 1. The second kappa shape index (κ2) is 4.20. The number of aliphatic carboxylic acids is 1. The lowest BCUT2D eigenvalue weighted by molar-refractivity contribution is -0.163. The number of aromatic nitrogens is 2. The van der Waals surface area contributed by atoms with Crippen molar-refractivity contribution in [1.82, 2.24) is 9.97 Å². The van der Waals surface area contributed by atoms with Crippen LogP contribution in [0.1, 0.15) is 11.4 Å². The molecular weight excluding hydrogens is 244 g/mol. The summed E-state index contributed by atoms with van der Waals surface area (Å²) in [6.45, 7) is 2.36. The van der Waals surface area contributed by atoms with Crippen LogP contribution in [0.15, 0.2) is 30.5 Å². The second-order valence-corrected chi connectivity index (χ2v) is 4.89.